The third kappa shape index (κ3) is 4.18. The predicted octanol–water partition coefficient (Wildman–Crippen LogP) is 2.56. The lowest BCUT2D eigenvalue weighted by Gasteiger charge is -2.39. The molecule has 1 aliphatic heterocycles. The number of amides is 1. The number of carbonyl (C=O) groups is 1. The summed E-state index contributed by atoms with van der Waals surface area (Å²) < 4.78 is 12.2. The van der Waals surface area contributed by atoms with Gasteiger partial charge in [-0.05, 0) is 55.7 Å². The molecule has 1 saturated heterocycles. The van der Waals surface area contributed by atoms with Gasteiger partial charge in [0.2, 0.25) is 11.1 Å². The number of benzene rings is 1. The van der Waals surface area contributed by atoms with Crippen molar-refractivity contribution in [2.45, 2.75) is 50.4 Å². The fraction of sp³-hybridized carbons (Fsp3) is 0.556. The van der Waals surface area contributed by atoms with E-state index in [1.807, 2.05) is 11.0 Å². The number of ether oxygens (including phenoxy) is 2. The van der Waals surface area contributed by atoms with E-state index in [2.05, 4.69) is 29.4 Å². The number of likely N-dealkylation sites (tertiary alicyclic amines) is 1. The molecule has 2 aromatic rings. The second kappa shape index (κ2) is 8.60. The van der Waals surface area contributed by atoms with Crippen molar-refractivity contribution in [1.29, 1.82) is 0 Å². The van der Waals surface area contributed by atoms with E-state index in [9.17, 15) is 4.79 Å². The summed E-state index contributed by atoms with van der Waals surface area (Å²) in [5, 5.41) is 12.4. The van der Waals surface area contributed by atoms with Gasteiger partial charge in [-0.15, -0.1) is 5.10 Å². The molecule has 1 aliphatic rings. The molecule has 2 heterocycles. The molecule has 0 radical (unpaired) electrons. The van der Waals surface area contributed by atoms with Gasteiger partial charge in [-0.2, -0.15) is 4.68 Å². The average molecular weight is 391 g/mol. The highest BCUT2D eigenvalue weighted by Crippen LogP contribution is 2.30. The quantitative estimate of drug-likeness (QED) is 0.700. The molecule has 8 nitrogen and oxygen atoms in total. The molecule has 2 atom stereocenters. The van der Waals surface area contributed by atoms with Crippen molar-refractivity contribution in [2.24, 2.45) is 0 Å². The molecule has 9 heteroatoms. The molecule has 3 rings (SSSR count). The first-order valence-corrected chi connectivity index (χ1v) is 9.98. The molecule has 1 aromatic heterocycles. The molecule has 1 amide bonds. The van der Waals surface area contributed by atoms with E-state index < -0.39 is 0 Å². The molecule has 0 spiro atoms. The third-order valence-electron chi connectivity index (χ3n) is 4.86. The summed E-state index contributed by atoms with van der Waals surface area (Å²) >= 11 is 1.34. The second-order valence-corrected chi connectivity index (χ2v) is 7.57. The molecular formula is C18H25N5O3S. The van der Waals surface area contributed by atoms with E-state index >= 15 is 0 Å². The highest BCUT2D eigenvalue weighted by Gasteiger charge is 2.29. The number of methoxy groups -OCH3 is 2. The number of nitrogens with zero attached hydrogens (tertiary/aromatic N) is 5. The van der Waals surface area contributed by atoms with Gasteiger partial charge in [0.15, 0.2) is 11.5 Å². The van der Waals surface area contributed by atoms with Crippen molar-refractivity contribution in [1.82, 2.24) is 25.1 Å². The zero-order valence-electron chi connectivity index (χ0n) is 16.1. The Morgan fingerprint density at radius 1 is 1.19 bits per heavy atom. The van der Waals surface area contributed by atoms with Crippen LogP contribution in [0.25, 0.3) is 5.69 Å². The number of rotatable bonds is 6. The van der Waals surface area contributed by atoms with Crippen LogP contribution in [-0.4, -0.2) is 63.1 Å². The van der Waals surface area contributed by atoms with Crippen LogP contribution in [0.4, 0.5) is 0 Å². The van der Waals surface area contributed by atoms with Crippen molar-refractivity contribution in [3.63, 3.8) is 0 Å². The van der Waals surface area contributed by atoms with Gasteiger partial charge in [-0.25, -0.2) is 0 Å². The summed E-state index contributed by atoms with van der Waals surface area (Å²) in [6.45, 7) is 4.23. The zero-order valence-corrected chi connectivity index (χ0v) is 16.9. The van der Waals surface area contributed by atoms with Crippen molar-refractivity contribution in [3.05, 3.63) is 18.2 Å². The Balaban J connectivity index is 1.73. The first kappa shape index (κ1) is 19.5. The number of piperidine rings is 1. The van der Waals surface area contributed by atoms with E-state index in [4.69, 9.17) is 9.47 Å². The minimum absolute atomic E-state index is 0.126. The summed E-state index contributed by atoms with van der Waals surface area (Å²) in [7, 11) is 3.17. The normalized spacial score (nSPS) is 19.8. The maximum Gasteiger partial charge on any atom is 0.233 e. The minimum atomic E-state index is 0.126. The van der Waals surface area contributed by atoms with Gasteiger partial charge in [0, 0.05) is 18.2 Å². The summed E-state index contributed by atoms with van der Waals surface area (Å²) in [4.78, 5) is 14.7. The maximum absolute atomic E-state index is 12.7. The Labute approximate surface area is 163 Å². The summed E-state index contributed by atoms with van der Waals surface area (Å²) in [5.74, 6) is 1.66. The van der Waals surface area contributed by atoms with Crippen LogP contribution in [0, 0.1) is 0 Å². The summed E-state index contributed by atoms with van der Waals surface area (Å²) in [5.41, 5.74) is 0.743. The Morgan fingerprint density at radius 3 is 2.56 bits per heavy atom. The smallest absolute Gasteiger partial charge is 0.233 e. The zero-order chi connectivity index (χ0) is 19.4. The summed E-state index contributed by atoms with van der Waals surface area (Å²) in [6.07, 6.45) is 3.30. The minimum Gasteiger partial charge on any atom is -0.493 e. The van der Waals surface area contributed by atoms with Crippen LogP contribution in [0.1, 0.15) is 33.1 Å². The first-order valence-electron chi connectivity index (χ1n) is 9.00. The van der Waals surface area contributed by atoms with E-state index in [0.717, 1.165) is 18.5 Å². The van der Waals surface area contributed by atoms with Crippen LogP contribution in [0.2, 0.25) is 0 Å². The number of hydrogen-bond acceptors (Lipinski definition) is 7. The van der Waals surface area contributed by atoms with Crippen molar-refractivity contribution in [2.75, 3.05) is 20.0 Å². The molecule has 0 saturated carbocycles. The monoisotopic (exact) mass is 391 g/mol. The molecule has 0 unspecified atom stereocenters. The van der Waals surface area contributed by atoms with Gasteiger partial charge in [-0.1, -0.05) is 11.8 Å². The van der Waals surface area contributed by atoms with Gasteiger partial charge in [0.05, 0.1) is 25.7 Å². The molecule has 0 aliphatic carbocycles. The number of carbonyl (C=O) groups excluding carboxylic acids is 1. The van der Waals surface area contributed by atoms with Crippen molar-refractivity contribution >= 4 is 17.7 Å². The summed E-state index contributed by atoms with van der Waals surface area (Å²) in [6, 6.07) is 6.01. The van der Waals surface area contributed by atoms with Gasteiger partial charge < -0.3 is 14.4 Å². The van der Waals surface area contributed by atoms with Crippen LogP contribution in [-0.2, 0) is 4.79 Å². The molecule has 1 fully saturated rings. The standard InChI is InChI=1S/C18H25N5O3S/c1-12-6-5-7-13(2)22(12)17(24)11-27-18-19-20-21-23(18)14-8-9-15(25-3)16(10-14)26-4/h8-10,12-13H,5-7,11H2,1-4H3/t12-,13-/m1/s1. The highest BCUT2D eigenvalue weighted by molar-refractivity contribution is 7.99. The molecule has 27 heavy (non-hydrogen) atoms. The maximum atomic E-state index is 12.7. The number of aromatic nitrogens is 4. The van der Waals surface area contributed by atoms with Gasteiger partial charge >= 0.3 is 0 Å². The Hall–Kier alpha value is -2.29. The number of thioether (sulfide) groups is 1. The van der Waals surface area contributed by atoms with Gasteiger partial charge in [0.25, 0.3) is 0 Å². The highest BCUT2D eigenvalue weighted by atomic mass is 32.2. The van der Waals surface area contributed by atoms with E-state index in [1.54, 1.807) is 31.0 Å². The van der Waals surface area contributed by atoms with E-state index in [1.165, 1.54) is 18.2 Å². The van der Waals surface area contributed by atoms with Crippen LogP contribution >= 0.6 is 11.8 Å². The lowest BCUT2D eigenvalue weighted by Crippen LogP contribution is -2.48. The Morgan fingerprint density at radius 2 is 1.89 bits per heavy atom. The van der Waals surface area contributed by atoms with Crippen molar-refractivity contribution < 1.29 is 14.3 Å². The number of tetrazole rings is 1. The SMILES string of the molecule is COc1ccc(-n2nnnc2SCC(=O)N2[C@H](C)CCC[C@H]2C)cc1OC. The molecule has 1 aromatic carbocycles. The first-order chi connectivity index (χ1) is 13.0. The van der Waals surface area contributed by atoms with Crippen LogP contribution in [0.5, 0.6) is 11.5 Å². The fourth-order valence-electron chi connectivity index (χ4n) is 3.50. The van der Waals surface area contributed by atoms with Crippen LogP contribution in [0.3, 0.4) is 0 Å². The molecule has 0 bridgehead atoms. The van der Waals surface area contributed by atoms with Gasteiger partial charge in [-0.3, -0.25) is 4.79 Å². The second-order valence-electron chi connectivity index (χ2n) is 6.63. The molecule has 146 valence electrons. The van der Waals surface area contributed by atoms with E-state index in [-0.39, 0.29) is 18.0 Å². The predicted molar refractivity (Wildman–Crippen MR) is 103 cm³/mol. The fourth-order valence-corrected chi connectivity index (χ4v) is 4.26. The number of hydrogen-bond donors (Lipinski definition) is 0. The topological polar surface area (TPSA) is 82.4 Å². The molecule has 0 N–H and O–H groups in total. The lowest BCUT2D eigenvalue weighted by atomic mass is 9.98. The average Bonchev–Trinajstić information content (AvgIpc) is 3.14. The Kier molecular flexibility index (Phi) is 6.20. The Bertz CT molecular complexity index is 787. The third-order valence-corrected chi connectivity index (χ3v) is 5.76. The van der Waals surface area contributed by atoms with E-state index in [0.29, 0.717) is 22.4 Å². The largest absolute Gasteiger partial charge is 0.493 e. The van der Waals surface area contributed by atoms with Crippen molar-refractivity contribution in [3.8, 4) is 17.2 Å². The van der Waals surface area contributed by atoms with Crippen LogP contribution < -0.4 is 9.47 Å². The lowest BCUT2D eigenvalue weighted by molar-refractivity contribution is -0.134. The molecular weight excluding hydrogens is 366 g/mol. The van der Waals surface area contributed by atoms with Crippen LogP contribution in [0.15, 0.2) is 23.4 Å². The van der Waals surface area contributed by atoms with Gasteiger partial charge in [0.1, 0.15) is 0 Å².